The van der Waals surface area contributed by atoms with E-state index in [1.165, 1.54) is 0 Å². The molecule has 1 saturated heterocycles. The first-order valence-corrected chi connectivity index (χ1v) is 8.31. The van der Waals surface area contributed by atoms with Gasteiger partial charge in [0.25, 0.3) is 0 Å². The van der Waals surface area contributed by atoms with Crippen LogP contribution < -0.4 is 10.2 Å². The summed E-state index contributed by atoms with van der Waals surface area (Å²) in [6.45, 7) is 5.87. The second-order valence-electron chi connectivity index (χ2n) is 5.95. The first-order valence-electron chi connectivity index (χ1n) is 8.31. The van der Waals surface area contributed by atoms with E-state index in [1.807, 2.05) is 43.3 Å². The SMILES string of the molecule is C[C@H](C(=O)NCc1ccccc1)N1CCN(c2ncccn2)CC1. The third kappa shape index (κ3) is 4.08. The van der Waals surface area contributed by atoms with E-state index in [0.29, 0.717) is 6.54 Å². The van der Waals surface area contributed by atoms with Crippen LogP contribution in [-0.2, 0) is 11.3 Å². The van der Waals surface area contributed by atoms with Crippen LogP contribution in [-0.4, -0.2) is 53.0 Å². The molecule has 0 aliphatic carbocycles. The molecule has 1 amide bonds. The summed E-state index contributed by atoms with van der Waals surface area (Å²) in [4.78, 5) is 25.3. The molecule has 0 radical (unpaired) electrons. The van der Waals surface area contributed by atoms with Crippen LogP contribution in [0.4, 0.5) is 5.95 Å². The van der Waals surface area contributed by atoms with Gasteiger partial charge in [-0.2, -0.15) is 0 Å². The summed E-state index contributed by atoms with van der Waals surface area (Å²) in [5, 5.41) is 3.02. The van der Waals surface area contributed by atoms with E-state index >= 15 is 0 Å². The maximum absolute atomic E-state index is 12.4. The van der Waals surface area contributed by atoms with Crippen LogP contribution in [0.1, 0.15) is 12.5 Å². The van der Waals surface area contributed by atoms with Gasteiger partial charge in [0.2, 0.25) is 11.9 Å². The van der Waals surface area contributed by atoms with Gasteiger partial charge < -0.3 is 10.2 Å². The molecule has 0 bridgehead atoms. The Labute approximate surface area is 142 Å². The number of hydrogen-bond acceptors (Lipinski definition) is 5. The zero-order valence-electron chi connectivity index (χ0n) is 13.9. The molecule has 1 fully saturated rings. The van der Waals surface area contributed by atoms with Gasteiger partial charge in [-0.15, -0.1) is 0 Å². The van der Waals surface area contributed by atoms with Gasteiger partial charge in [0.15, 0.2) is 0 Å². The number of amides is 1. The highest BCUT2D eigenvalue weighted by atomic mass is 16.2. The molecule has 0 unspecified atom stereocenters. The molecule has 1 aliphatic heterocycles. The van der Waals surface area contributed by atoms with Gasteiger partial charge in [0.05, 0.1) is 6.04 Å². The van der Waals surface area contributed by atoms with Crippen LogP contribution in [0.25, 0.3) is 0 Å². The van der Waals surface area contributed by atoms with E-state index in [4.69, 9.17) is 0 Å². The molecule has 1 aromatic heterocycles. The molecule has 6 nitrogen and oxygen atoms in total. The van der Waals surface area contributed by atoms with Crippen molar-refractivity contribution < 1.29 is 4.79 Å². The predicted octanol–water partition coefficient (Wildman–Crippen LogP) is 1.30. The van der Waals surface area contributed by atoms with E-state index in [1.54, 1.807) is 12.4 Å². The van der Waals surface area contributed by atoms with Crippen LogP contribution in [0.2, 0.25) is 0 Å². The predicted molar refractivity (Wildman–Crippen MR) is 93.6 cm³/mol. The Kier molecular flexibility index (Phi) is 5.38. The normalized spacial score (nSPS) is 16.6. The number of piperazine rings is 1. The number of carbonyl (C=O) groups is 1. The fourth-order valence-electron chi connectivity index (χ4n) is 2.86. The largest absolute Gasteiger partial charge is 0.351 e. The van der Waals surface area contributed by atoms with Crippen LogP contribution >= 0.6 is 0 Å². The number of rotatable bonds is 5. The number of hydrogen-bond donors (Lipinski definition) is 1. The van der Waals surface area contributed by atoms with Crippen molar-refractivity contribution in [1.29, 1.82) is 0 Å². The van der Waals surface area contributed by atoms with Crippen LogP contribution in [0.3, 0.4) is 0 Å². The summed E-state index contributed by atoms with van der Waals surface area (Å²) >= 11 is 0. The first kappa shape index (κ1) is 16.4. The summed E-state index contributed by atoms with van der Waals surface area (Å²) in [5.74, 6) is 0.835. The fraction of sp³-hybridized carbons (Fsp3) is 0.389. The zero-order valence-corrected chi connectivity index (χ0v) is 13.9. The Bertz CT molecular complexity index is 641. The number of carbonyl (C=O) groups excluding carboxylic acids is 1. The molecule has 126 valence electrons. The lowest BCUT2D eigenvalue weighted by atomic mass is 10.2. The average molecular weight is 325 g/mol. The molecule has 6 heteroatoms. The second-order valence-corrected chi connectivity index (χ2v) is 5.95. The fourth-order valence-corrected chi connectivity index (χ4v) is 2.86. The van der Waals surface area contributed by atoms with Gasteiger partial charge >= 0.3 is 0 Å². The third-order valence-electron chi connectivity index (χ3n) is 4.39. The Balaban J connectivity index is 1.47. The summed E-state index contributed by atoms with van der Waals surface area (Å²) in [7, 11) is 0. The molecule has 3 rings (SSSR count). The average Bonchev–Trinajstić information content (AvgIpc) is 2.67. The van der Waals surface area contributed by atoms with Crippen molar-refractivity contribution in [2.75, 3.05) is 31.1 Å². The Hall–Kier alpha value is -2.47. The number of nitrogens with zero attached hydrogens (tertiary/aromatic N) is 4. The van der Waals surface area contributed by atoms with Crippen molar-refractivity contribution >= 4 is 11.9 Å². The zero-order chi connectivity index (χ0) is 16.8. The third-order valence-corrected chi connectivity index (χ3v) is 4.39. The quantitative estimate of drug-likeness (QED) is 0.898. The van der Waals surface area contributed by atoms with E-state index in [0.717, 1.165) is 37.7 Å². The Morgan fingerprint density at radius 3 is 2.42 bits per heavy atom. The molecule has 1 aromatic carbocycles. The molecule has 2 heterocycles. The minimum Gasteiger partial charge on any atom is -0.351 e. The van der Waals surface area contributed by atoms with Crippen LogP contribution in [0, 0.1) is 0 Å². The van der Waals surface area contributed by atoms with Crippen molar-refractivity contribution in [3.05, 3.63) is 54.4 Å². The van der Waals surface area contributed by atoms with Crippen molar-refractivity contribution in [1.82, 2.24) is 20.2 Å². The highest BCUT2D eigenvalue weighted by Gasteiger charge is 2.26. The minimum absolute atomic E-state index is 0.0725. The van der Waals surface area contributed by atoms with Gasteiger partial charge in [-0.05, 0) is 18.6 Å². The lowest BCUT2D eigenvalue weighted by Crippen LogP contribution is -2.54. The molecule has 24 heavy (non-hydrogen) atoms. The first-order chi connectivity index (χ1) is 11.7. The van der Waals surface area contributed by atoms with Crippen LogP contribution in [0.15, 0.2) is 48.8 Å². The lowest BCUT2D eigenvalue weighted by Gasteiger charge is -2.37. The Morgan fingerprint density at radius 2 is 1.75 bits per heavy atom. The highest BCUT2D eigenvalue weighted by molar-refractivity contribution is 5.81. The molecular weight excluding hydrogens is 302 g/mol. The van der Waals surface area contributed by atoms with E-state index in [9.17, 15) is 4.79 Å². The highest BCUT2D eigenvalue weighted by Crippen LogP contribution is 2.12. The molecule has 0 spiro atoms. The number of benzene rings is 1. The number of anilines is 1. The maximum atomic E-state index is 12.4. The summed E-state index contributed by atoms with van der Waals surface area (Å²) in [5.41, 5.74) is 1.11. The van der Waals surface area contributed by atoms with Gasteiger partial charge in [0, 0.05) is 45.1 Å². The van der Waals surface area contributed by atoms with Crippen LogP contribution in [0.5, 0.6) is 0 Å². The molecule has 0 saturated carbocycles. The standard InChI is InChI=1S/C18H23N5O/c1-15(17(24)21-14-16-6-3-2-4-7-16)22-10-12-23(13-11-22)18-19-8-5-9-20-18/h2-9,15H,10-14H2,1H3,(H,21,24)/t15-/m1/s1. The second kappa shape index (κ2) is 7.88. The molecular formula is C18H23N5O. The monoisotopic (exact) mass is 325 g/mol. The van der Waals surface area contributed by atoms with Crippen molar-refractivity contribution in [3.63, 3.8) is 0 Å². The minimum atomic E-state index is -0.132. The number of nitrogens with one attached hydrogen (secondary N) is 1. The molecule has 1 atom stereocenters. The maximum Gasteiger partial charge on any atom is 0.237 e. The number of aromatic nitrogens is 2. The van der Waals surface area contributed by atoms with Gasteiger partial charge in [0.1, 0.15) is 0 Å². The van der Waals surface area contributed by atoms with E-state index in [-0.39, 0.29) is 11.9 Å². The van der Waals surface area contributed by atoms with E-state index in [2.05, 4.69) is 25.1 Å². The summed E-state index contributed by atoms with van der Waals surface area (Å²) < 4.78 is 0. The van der Waals surface area contributed by atoms with Gasteiger partial charge in [-0.3, -0.25) is 9.69 Å². The Morgan fingerprint density at radius 1 is 1.08 bits per heavy atom. The summed E-state index contributed by atoms with van der Waals surface area (Å²) in [6.07, 6.45) is 3.52. The van der Waals surface area contributed by atoms with Crippen molar-refractivity contribution in [3.8, 4) is 0 Å². The molecule has 1 aliphatic rings. The lowest BCUT2D eigenvalue weighted by molar-refractivity contribution is -0.126. The smallest absolute Gasteiger partial charge is 0.237 e. The molecule has 1 N–H and O–H groups in total. The van der Waals surface area contributed by atoms with Gasteiger partial charge in [-0.25, -0.2) is 9.97 Å². The topological polar surface area (TPSA) is 61.4 Å². The van der Waals surface area contributed by atoms with Crippen molar-refractivity contribution in [2.45, 2.75) is 19.5 Å². The van der Waals surface area contributed by atoms with Gasteiger partial charge in [-0.1, -0.05) is 30.3 Å². The summed E-state index contributed by atoms with van der Waals surface area (Å²) in [6, 6.07) is 11.7. The molecule has 2 aromatic rings. The van der Waals surface area contributed by atoms with Crippen molar-refractivity contribution in [2.24, 2.45) is 0 Å². The van der Waals surface area contributed by atoms with E-state index < -0.39 is 0 Å².